The lowest BCUT2D eigenvalue weighted by Gasteiger charge is -1.99. The van der Waals surface area contributed by atoms with E-state index in [2.05, 4.69) is 10.4 Å². The zero-order valence-corrected chi connectivity index (χ0v) is 9.12. The molecule has 2 heterocycles. The lowest BCUT2D eigenvalue weighted by molar-refractivity contribution is 0.0954. The largest absolute Gasteiger partial charge is 0.346 e. The number of aromatic nitrogens is 2. The number of nitrogens with one attached hydrogen (secondary N) is 1. The summed E-state index contributed by atoms with van der Waals surface area (Å²) in [7, 11) is 1.85. The minimum atomic E-state index is -0.0457. The summed E-state index contributed by atoms with van der Waals surface area (Å²) >= 11 is 1.43. The van der Waals surface area contributed by atoms with Crippen LogP contribution in [0.15, 0.2) is 29.8 Å². The van der Waals surface area contributed by atoms with E-state index in [-0.39, 0.29) is 5.91 Å². The van der Waals surface area contributed by atoms with Crippen LogP contribution in [0.4, 0.5) is 0 Å². The Morgan fingerprint density at radius 3 is 3.07 bits per heavy atom. The van der Waals surface area contributed by atoms with Crippen molar-refractivity contribution in [2.45, 2.75) is 6.54 Å². The third-order valence-electron chi connectivity index (χ3n) is 1.94. The fourth-order valence-electron chi connectivity index (χ4n) is 1.22. The van der Waals surface area contributed by atoms with Gasteiger partial charge in [0.15, 0.2) is 0 Å². The van der Waals surface area contributed by atoms with E-state index in [9.17, 15) is 4.79 Å². The van der Waals surface area contributed by atoms with Crippen molar-refractivity contribution in [3.8, 4) is 0 Å². The number of carbonyl (C=O) groups is 1. The van der Waals surface area contributed by atoms with E-state index in [1.54, 1.807) is 10.7 Å². The Kier molecular flexibility index (Phi) is 2.82. The molecule has 0 saturated carbocycles. The van der Waals surface area contributed by atoms with Crippen LogP contribution in [0.1, 0.15) is 15.4 Å². The average Bonchev–Trinajstić information content (AvgIpc) is 2.84. The highest BCUT2D eigenvalue weighted by molar-refractivity contribution is 7.12. The van der Waals surface area contributed by atoms with Gasteiger partial charge in [-0.15, -0.1) is 11.3 Å². The molecular weight excluding hydrogens is 210 g/mol. The normalized spacial score (nSPS) is 10.2. The maximum Gasteiger partial charge on any atom is 0.261 e. The Balaban J connectivity index is 1.91. The molecule has 0 aromatic carbocycles. The number of aryl methyl sites for hydroxylation is 1. The van der Waals surface area contributed by atoms with Crippen molar-refractivity contribution in [1.29, 1.82) is 0 Å². The summed E-state index contributed by atoms with van der Waals surface area (Å²) in [5, 5.41) is 8.86. The fraction of sp³-hybridized carbons (Fsp3) is 0.200. The van der Waals surface area contributed by atoms with Gasteiger partial charge in [-0.25, -0.2) is 0 Å². The molecule has 78 valence electrons. The topological polar surface area (TPSA) is 46.9 Å². The van der Waals surface area contributed by atoms with Gasteiger partial charge in [0, 0.05) is 13.2 Å². The highest BCUT2D eigenvalue weighted by Gasteiger charge is 2.06. The molecule has 0 radical (unpaired) electrons. The molecule has 1 N–H and O–H groups in total. The minimum absolute atomic E-state index is 0.0457. The molecule has 0 bridgehead atoms. The van der Waals surface area contributed by atoms with Crippen molar-refractivity contribution >= 4 is 17.2 Å². The third-order valence-corrected chi connectivity index (χ3v) is 2.81. The van der Waals surface area contributed by atoms with Gasteiger partial charge in [0.2, 0.25) is 0 Å². The Hall–Kier alpha value is -1.62. The summed E-state index contributed by atoms with van der Waals surface area (Å²) < 4.78 is 1.71. The first-order valence-electron chi connectivity index (χ1n) is 4.56. The van der Waals surface area contributed by atoms with Gasteiger partial charge in [-0.2, -0.15) is 5.10 Å². The minimum Gasteiger partial charge on any atom is -0.346 e. The van der Waals surface area contributed by atoms with Crippen LogP contribution >= 0.6 is 11.3 Å². The molecular formula is C10H11N3OS. The molecule has 0 aliphatic heterocycles. The number of rotatable bonds is 3. The molecule has 2 aromatic rings. The summed E-state index contributed by atoms with van der Waals surface area (Å²) in [6.07, 6.45) is 1.85. The van der Waals surface area contributed by atoms with Gasteiger partial charge in [-0.05, 0) is 17.5 Å². The lowest BCUT2D eigenvalue weighted by Crippen LogP contribution is -2.22. The molecule has 0 fully saturated rings. The molecule has 15 heavy (non-hydrogen) atoms. The van der Waals surface area contributed by atoms with E-state index in [4.69, 9.17) is 0 Å². The van der Waals surface area contributed by atoms with Crippen molar-refractivity contribution in [3.63, 3.8) is 0 Å². The second-order valence-corrected chi connectivity index (χ2v) is 4.09. The maximum atomic E-state index is 11.6. The number of hydrogen-bond donors (Lipinski definition) is 1. The summed E-state index contributed by atoms with van der Waals surface area (Å²) in [5.74, 6) is -0.0457. The van der Waals surface area contributed by atoms with Gasteiger partial charge in [0.05, 0.1) is 17.1 Å². The molecule has 0 unspecified atom stereocenters. The van der Waals surface area contributed by atoms with Crippen molar-refractivity contribution < 1.29 is 4.79 Å². The number of amides is 1. The smallest absolute Gasteiger partial charge is 0.261 e. The molecule has 4 nitrogen and oxygen atoms in total. The van der Waals surface area contributed by atoms with Crippen molar-refractivity contribution in [3.05, 3.63) is 40.3 Å². The highest BCUT2D eigenvalue weighted by Crippen LogP contribution is 2.07. The number of thiophene rings is 1. The van der Waals surface area contributed by atoms with Crippen molar-refractivity contribution in [2.75, 3.05) is 0 Å². The number of hydrogen-bond acceptors (Lipinski definition) is 3. The van der Waals surface area contributed by atoms with Crippen LogP contribution in [0.25, 0.3) is 0 Å². The molecule has 0 atom stereocenters. The first-order chi connectivity index (χ1) is 7.25. The van der Waals surface area contributed by atoms with E-state index >= 15 is 0 Å². The highest BCUT2D eigenvalue weighted by atomic mass is 32.1. The van der Waals surface area contributed by atoms with Crippen molar-refractivity contribution in [1.82, 2.24) is 15.1 Å². The summed E-state index contributed by atoms with van der Waals surface area (Å²) in [5.41, 5.74) is 0.863. The van der Waals surface area contributed by atoms with Gasteiger partial charge in [-0.3, -0.25) is 9.48 Å². The zero-order chi connectivity index (χ0) is 10.7. The Bertz CT molecular complexity index is 447. The van der Waals surface area contributed by atoms with Gasteiger partial charge in [0.1, 0.15) is 0 Å². The van der Waals surface area contributed by atoms with E-state index in [1.807, 2.05) is 30.8 Å². The molecule has 5 heteroatoms. The van der Waals surface area contributed by atoms with E-state index in [0.717, 1.165) is 10.6 Å². The number of carbonyl (C=O) groups excluding carboxylic acids is 1. The second-order valence-electron chi connectivity index (χ2n) is 3.14. The standard InChI is InChI=1S/C10H11N3OS/c1-13-5-4-8(12-13)7-11-10(14)9-3-2-6-15-9/h2-6H,7H2,1H3,(H,11,14). The van der Waals surface area contributed by atoms with E-state index < -0.39 is 0 Å². The Morgan fingerprint density at radius 1 is 1.60 bits per heavy atom. The molecule has 2 aromatic heterocycles. The average molecular weight is 221 g/mol. The first-order valence-corrected chi connectivity index (χ1v) is 5.44. The zero-order valence-electron chi connectivity index (χ0n) is 8.30. The second kappa shape index (κ2) is 4.27. The predicted octanol–water partition coefficient (Wildman–Crippen LogP) is 1.41. The van der Waals surface area contributed by atoms with E-state index in [0.29, 0.717) is 6.54 Å². The van der Waals surface area contributed by atoms with Crippen LogP contribution in [0.3, 0.4) is 0 Å². The quantitative estimate of drug-likeness (QED) is 0.852. The molecule has 0 spiro atoms. The number of nitrogens with zero attached hydrogens (tertiary/aromatic N) is 2. The molecule has 1 amide bonds. The van der Waals surface area contributed by atoms with Crippen LogP contribution < -0.4 is 5.32 Å². The molecule has 0 saturated heterocycles. The van der Waals surface area contributed by atoms with Crippen LogP contribution in [-0.4, -0.2) is 15.7 Å². The third kappa shape index (κ3) is 2.44. The van der Waals surface area contributed by atoms with Gasteiger partial charge in [-0.1, -0.05) is 6.07 Å². The maximum absolute atomic E-state index is 11.6. The molecule has 0 aliphatic carbocycles. The summed E-state index contributed by atoms with van der Waals surface area (Å²) in [4.78, 5) is 12.3. The Labute approximate surface area is 91.5 Å². The molecule has 2 rings (SSSR count). The van der Waals surface area contributed by atoms with E-state index in [1.165, 1.54) is 11.3 Å². The van der Waals surface area contributed by atoms with Gasteiger partial charge in [0.25, 0.3) is 5.91 Å². The van der Waals surface area contributed by atoms with Crippen molar-refractivity contribution in [2.24, 2.45) is 7.05 Å². The van der Waals surface area contributed by atoms with Gasteiger partial charge < -0.3 is 5.32 Å². The first kappa shape index (κ1) is 9.92. The molecule has 0 aliphatic rings. The summed E-state index contributed by atoms with van der Waals surface area (Å²) in [6.45, 7) is 0.470. The summed E-state index contributed by atoms with van der Waals surface area (Å²) in [6, 6.07) is 5.55. The van der Waals surface area contributed by atoms with Crippen LogP contribution in [0.5, 0.6) is 0 Å². The fourth-order valence-corrected chi connectivity index (χ4v) is 1.86. The van der Waals surface area contributed by atoms with Gasteiger partial charge >= 0.3 is 0 Å². The predicted molar refractivity (Wildman–Crippen MR) is 58.7 cm³/mol. The monoisotopic (exact) mass is 221 g/mol. The van der Waals surface area contributed by atoms with Crippen LogP contribution in [0.2, 0.25) is 0 Å². The SMILES string of the molecule is Cn1ccc(CNC(=O)c2cccs2)n1. The Morgan fingerprint density at radius 2 is 2.47 bits per heavy atom. The van der Waals surface area contributed by atoms with Crippen LogP contribution in [0, 0.1) is 0 Å². The lowest BCUT2D eigenvalue weighted by atomic mass is 10.4. The van der Waals surface area contributed by atoms with Crippen LogP contribution in [-0.2, 0) is 13.6 Å².